The SMILES string of the molecule is CCCCCCCCCCCCCCCCOP(O)c1ccccc1. The van der Waals surface area contributed by atoms with Crippen LogP contribution in [0.2, 0.25) is 0 Å². The first-order valence-electron chi connectivity index (χ1n) is 10.5. The Morgan fingerprint density at radius 1 is 0.680 bits per heavy atom. The molecule has 0 aliphatic heterocycles. The first-order valence-corrected chi connectivity index (χ1v) is 11.7. The van der Waals surface area contributed by atoms with E-state index in [4.69, 9.17) is 4.52 Å². The van der Waals surface area contributed by atoms with Gasteiger partial charge in [0.05, 0.1) is 6.61 Å². The second kappa shape index (κ2) is 17.0. The zero-order chi connectivity index (χ0) is 18.0. The van der Waals surface area contributed by atoms with Crippen LogP contribution in [0.1, 0.15) is 96.8 Å². The third-order valence-electron chi connectivity index (χ3n) is 4.69. The Morgan fingerprint density at radius 2 is 1.12 bits per heavy atom. The molecule has 1 rings (SSSR count). The highest BCUT2D eigenvalue weighted by Gasteiger charge is 2.07. The van der Waals surface area contributed by atoms with Gasteiger partial charge in [0.1, 0.15) is 0 Å². The molecule has 0 aliphatic carbocycles. The van der Waals surface area contributed by atoms with Crippen molar-refractivity contribution in [2.45, 2.75) is 96.8 Å². The van der Waals surface area contributed by atoms with Crippen molar-refractivity contribution in [1.29, 1.82) is 0 Å². The Kier molecular flexibility index (Phi) is 15.4. The summed E-state index contributed by atoms with van der Waals surface area (Å²) in [7, 11) is -1.42. The van der Waals surface area contributed by atoms with E-state index < -0.39 is 8.38 Å². The van der Waals surface area contributed by atoms with Crippen LogP contribution in [0.5, 0.6) is 0 Å². The van der Waals surface area contributed by atoms with Crippen LogP contribution in [0, 0.1) is 0 Å². The standard InChI is InChI=1S/C22H39O2P/c1-2-3-4-5-6-7-8-9-10-11-12-13-14-18-21-24-25(23)22-19-16-15-17-20-22/h15-17,19-20,23H,2-14,18,21H2,1H3. The Balaban J connectivity index is 1.77. The first-order chi connectivity index (χ1) is 12.3. The third kappa shape index (κ3) is 13.4. The van der Waals surface area contributed by atoms with Gasteiger partial charge in [-0.2, -0.15) is 0 Å². The maximum Gasteiger partial charge on any atom is 0.202 e. The van der Waals surface area contributed by atoms with E-state index in [0.717, 1.165) is 11.7 Å². The molecule has 0 fully saturated rings. The van der Waals surface area contributed by atoms with Crippen LogP contribution < -0.4 is 5.30 Å². The lowest BCUT2D eigenvalue weighted by atomic mass is 10.0. The van der Waals surface area contributed by atoms with Crippen molar-refractivity contribution in [3.63, 3.8) is 0 Å². The monoisotopic (exact) mass is 366 g/mol. The molecular formula is C22H39O2P. The average molecular weight is 367 g/mol. The van der Waals surface area contributed by atoms with Crippen LogP contribution in [0.3, 0.4) is 0 Å². The summed E-state index contributed by atoms with van der Waals surface area (Å²) < 4.78 is 5.56. The number of hydrogen-bond acceptors (Lipinski definition) is 2. The van der Waals surface area contributed by atoms with E-state index in [1.165, 1.54) is 83.5 Å². The van der Waals surface area contributed by atoms with Crippen molar-refractivity contribution in [3.05, 3.63) is 30.3 Å². The molecule has 0 aromatic heterocycles. The summed E-state index contributed by atoms with van der Waals surface area (Å²) in [6.45, 7) is 2.96. The minimum Gasteiger partial charge on any atom is -0.346 e. The maximum atomic E-state index is 9.97. The molecule has 1 unspecified atom stereocenters. The summed E-state index contributed by atoms with van der Waals surface area (Å²) in [5.41, 5.74) is 0. The van der Waals surface area contributed by atoms with E-state index in [1.54, 1.807) is 0 Å². The van der Waals surface area contributed by atoms with E-state index in [-0.39, 0.29) is 0 Å². The summed E-state index contributed by atoms with van der Waals surface area (Å²) in [5.74, 6) is 0. The van der Waals surface area contributed by atoms with E-state index >= 15 is 0 Å². The summed E-state index contributed by atoms with van der Waals surface area (Å²) in [6.07, 6.45) is 19.1. The van der Waals surface area contributed by atoms with Crippen molar-refractivity contribution >= 4 is 13.7 Å². The van der Waals surface area contributed by atoms with Gasteiger partial charge in [-0.3, -0.25) is 0 Å². The molecule has 0 amide bonds. The molecule has 1 aromatic rings. The van der Waals surface area contributed by atoms with Gasteiger partial charge in [-0.1, -0.05) is 109 Å². The van der Waals surface area contributed by atoms with E-state index in [9.17, 15) is 4.89 Å². The topological polar surface area (TPSA) is 29.5 Å². The molecule has 144 valence electrons. The fraction of sp³-hybridized carbons (Fsp3) is 0.727. The lowest BCUT2D eigenvalue weighted by molar-refractivity contribution is 0.305. The van der Waals surface area contributed by atoms with Crippen molar-refractivity contribution in [1.82, 2.24) is 0 Å². The molecule has 0 spiro atoms. The number of hydrogen-bond donors (Lipinski definition) is 1. The molecule has 1 aromatic carbocycles. The van der Waals surface area contributed by atoms with Crippen molar-refractivity contribution in [2.24, 2.45) is 0 Å². The van der Waals surface area contributed by atoms with Gasteiger partial charge in [0, 0.05) is 5.30 Å². The summed E-state index contributed by atoms with van der Waals surface area (Å²) in [6, 6.07) is 9.70. The number of benzene rings is 1. The Hall–Kier alpha value is -0.430. The summed E-state index contributed by atoms with van der Waals surface area (Å²) >= 11 is 0. The molecule has 0 aliphatic rings. The van der Waals surface area contributed by atoms with Gasteiger partial charge < -0.3 is 9.42 Å². The summed E-state index contributed by atoms with van der Waals surface area (Å²) in [5, 5.41) is 0.905. The first kappa shape index (κ1) is 22.6. The quantitative estimate of drug-likeness (QED) is 0.235. The van der Waals surface area contributed by atoms with E-state index in [0.29, 0.717) is 6.61 Å². The van der Waals surface area contributed by atoms with Gasteiger partial charge in [-0.25, -0.2) is 0 Å². The molecule has 2 nitrogen and oxygen atoms in total. The molecule has 3 heteroatoms. The largest absolute Gasteiger partial charge is 0.346 e. The van der Waals surface area contributed by atoms with Crippen molar-refractivity contribution in [3.8, 4) is 0 Å². The van der Waals surface area contributed by atoms with Gasteiger partial charge in [0.25, 0.3) is 0 Å². The predicted octanol–water partition coefficient (Wildman–Crippen LogP) is 7.11. The van der Waals surface area contributed by atoms with Gasteiger partial charge >= 0.3 is 0 Å². The Morgan fingerprint density at radius 3 is 1.60 bits per heavy atom. The third-order valence-corrected chi connectivity index (χ3v) is 5.86. The van der Waals surface area contributed by atoms with Crippen LogP contribution in [0.4, 0.5) is 0 Å². The minimum atomic E-state index is -1.42. The molecule has 0 saturated carbocycles. The van der Waals surface area contributed by atoms with Crippen molar-refractivity contribution < 1.29 is 9.42 Å². The molecule has 1 N–H and O–H groups in total. The Bertz CT molecular complexity index is 383. The predicted molar refractivity (Wildman–Crippen MR) is 111 cm³/mol. The highest BCUT2D eigenvalue weighted by atomic mass is 31.2. The van der Waals surface area contributed by atoms with E-state index in [1.807, 2.05) is 30.3 Å². The average Bonchev–Trinajstić information content (AvgIpc) is 2.65. The zero-order valence-corrected chi connectivity index (χ0v) is 17.2. The normalized spacial score (nSPS) is 12.4. The van der Waals surface area contributed by atoms with Crippen LogP contribution in [0.25, 0.3) is 0 Å². The van der Waals surface area contributed by atoms with E-state index in [2.05, 4.69) is 6.92 Å². The zero-order valence-electron chi connectivity index (χ0n) is 16.3. The molecule has 1 atom stereocenters. The number of unbranched alkanes of at least 4 members (excludes halogenated alkanes) is 13. The van der Waals surface area contributed by atoms with Gasteiger partial charge in [0.2, 0.25) is 8.38 Å². The minimum absolute atomic E-state index is 0.676. The highest BCUT2D eigenvalue weighted by molar-refractivity contribution is 7.55. The van der Waals surface area contributed by atoms with Crippen LogP contribution in [0.15, 0.2) is 30.3 Å². The van der Waals surface area contributed by atoms with Gasteiger partial charge in [-0.15, -0.1) is 0 Å². The fourth-order valence-electron chi connectivity index (χ4n) is 3.08. The Labute approximate surface area is 157 Å². The highest BCUT2D eigenvalue weighted by Crippen LogP contribution is 2.30. The molecule has 0 radical (unpaired) electrons. The lowest BCUT2D eigenvalue weighted by Crippen LogP contribution is -2.02. The second-order valence-electron chi connectivity index (χ2n) is 7.04. The van der Waals surface area contributed by atoms with Crippen molar-refractivity contribution in [2.75, 3.05) is 6.61 Å². The van der Waals surface area contributed by atoms with Crippen LogP contribution in [-0.4, -0.2) is 11.5 Å². The van der Waals surface area contributed by atoms with Crippen LogP contribution in [-0.2, 0) is 4.52 Å². The molecule has 0 heterocycles. The summed E-state index contributed by atoms with van der Waals surface area (Å²) in [4.78, 5) is 9.97. The number of rotatable bonds is 17. The van der Waals surface area contributed by atoms with Gasteiger partial charge in [-0.05, 0) is 18.6 Å². The second-order valence-corrected chi connectivity index (χ2v) is 8.36. The smallest absolute Gasteiger partial charge is 0.202 e. The van der Waals surface area contributed by atoms with Gasteiger partial charge in [0.15, 0.2) is 0 Å². The molecular weight excluding hydrogens is 327 g/mol. The molecule has 0 bridgehead atoms. The van der Waals surface area contributed by atoms with Crippen LogP contribution >= 0.6 is 8.38 Å². The lowest BCUT2D eigenvalue weighted by Gasteiger charge is -2.10. The molecule has 25 heavy (non-hydrogen) atoms. The molecule has 0 saturated heterocycles. The maximum absolute atomic E-state index is 9.97. The fourth-order valence-corrected chi connectivity index (χ4v) is 3.96.